The molecule has 2 saturated heterocycles. The molecule has 0 N–H and O–H groups in total. The summed E-state index contributed by atoms with van der Waals surface area (Å²) in [6.07, 6.45) is 0. The van der Waals surface area contributed by atoms with E-state index in [1.165, 1.54) is 0 Å². The van der Waals surface area contributed by atoms with E-state index >= 15 is 0 Å². The number of carbonyl (C=O) groups is 2. The van der Waals surface area contributed by atoms with Crippen LogP contribution < -0.4 is 10.9 Å². The first kappa shape index (κ1) is 46.1. The molecule has 0 radical (unpaired) electrons. The maximum Gasteiger partial charge on any atom is 0.494 e. The standard InChI is InChI=1S/C44H62B2N2O12/c1-41(2)42(3,4)58-45(57-41)33-15-11-31(12-16-33)37-35-36(40(50)47(37)19-21-53-27-29-55-25-23-51-9)38(48(39(35)49)20-22-54-28-30-56-26-24-52-10)32-13-17-34(18-14-32)46-59-43(5,6)44(7,8)60-46/h11-18H,19-30H2,1-10H3. The van der Waals surface area contributed by atoms with Crippen LogP contribution in [0, 0.1) is 0 Å². The summed E-state index contributed by atoms with van der Waals surface area (Å²) < 4.78 is 58.4. The van der Waals surface area contributed by atoms with Crippen LogP contribution in [-0.4, -0.2) is 152 Å². The van der Waals surface area contributed by atoms with E-state index in [4.69, 9.17) is 47.0 Å². The minimum atomic E-state index is -0.571. The van der Waals surface area contributed by atoms with Crippen LogP contribution in [0.3, 0.4) is 0 Å². The van der Waals surface area contributed by atoms with Gasteiger partial charge in [0, 0.05) is 27.3 Å². The number of carbonyl (C=O) groups excluding carboxylic acids is 2. The Labute approximate surface area is 356 Å². The summed E-state index contributed by atoms with van der Waals surface area (Å²) >= 11 is 0. The van der Waals surface area contributed by atoms with Crippen LogP contribution in [0.4, 0.5) is 0 Å². The van der Waals surface area contributed by atoms with Gasteiger partial charge in [0.15, 0.2) is 0 Å². The van der Waals surface area contributed by atoms with E-state index in [2.05, 4.69) is 0 Å². The van der Waals surface area contributed by atoms with Crippen LogP contribution in [0.2, 0.25) is 0 Å². The molecule has 16 heteroatoms. The van der Waals surface area contributed by atoms with Gasteiger partial charge in [0.1, 0.15) is 0 Å². The molecule has 0 aromatic heterocycles. The molecule has 4 aliphatic rings. The molecule has 0 saturated carbocycles. The normalized spacial score (nSPS) is 20.4. The van der Waals surface area contributed by atoms with Gasteiger partial charge < -0.3 is 56.8 Å². The second kappa shape index (κ2) is 19.3. The van der Waals surface area contributed by atoms with Gasteiger partial charge in [-0.3, -0.25) is 9.59 Å². The number of fused-ring (bicyclic) bond motifs is 1. The number of hydrogen-bond donors (Lipinski definition) is 0. The van der Waals surface area contributed by atoms with Crippen LogP contribution in [0.5, 0.6) is 0 Å². The molecule has 0 aliphatic carbocycles. The molecule has 14 nitrogen and oxygen atoms in total. The molecular formula is C44H62B2N2O12. The fourth-order valence-corrected chi connectivity index (χ4v) is 7.22. The molecule has 0 atom stereocenters. The minimum absolute atomic E-state index is 0.214. The Balaban J connectivity index is 1.33. The smallest absolute Gasteiger partial charge is 0.399 e. The summed E-state index contributed by atoms with van der Waals surface area (Å²) in [7, 11) is 2.10. The van der Waals surface area contributed by atoms with Crippen molar-refractivity contribution in [3.63, 3.8) is 0 Å². The molecule has 2 aromatic carbocycles. The number of benzene rings is 2. The highest BCUT2D eigenvalue weighted by molar-refractivity contribution is 6.62. The van der Waals surface area contributed by atoms with E-state index in [-0.39, 0.29) is 38.1 Å². The zero-order chi connectivity index (χ0) is 43.3. The lowest BCUT2D eigenvalue weighted by molar-refractivity contribution is -0.124. The summed E-state index contributed by atoms with van der Waals surface area (Å²) in [5.74, 6) is -0.577. The largest absolute Gasteiger partial charge is 0.494 e. The van der Waals surface area contributed by atoms with Gasteiger partial charge in [-0.15, -0.1) is 0 Å². The summed E-state index contributed by atoms with van der Waals surface area (Å²) in [6.45, 7) is 20.4. The Morgan fingerprint density at radius 1 is 0.450 bits per heavy atom. The average molecular weight is 833 g/mol. The van der Waals surface area contributed by atoms with Crippen molar-refractivity contribution in [2.45, 2.75) is 77.8 Å². The number of rotatable bonds is 22. The second-order valence-electron chi connectivity index (χ2n) is 17.2. The number of hydrogen-bond acceptors (Lipinski definition) is 12. The van der Waals surface area contributed by atoms with Crippen LogP contribution >= 0.6 is 0 Å². The average Bonchev–Trinajstić information content (AvgIpc) is 3.81. The van der Waals surface area contributed by atoms with Gasteiger partial charge in [-0.2, -0.15) is 0 Å². The molecule has 6 rings (SSSR count). The van der Waals surface area contributed by atoms with Gasteiger partial charge in [-0.1, -0.05) is 48.5 Å². The first-order chi connectivity index (χ1) is 28.5. The third-order valence-electron chi connectivity index (χ3n) is 12.1. The van der Waals surface area contributed by atoms with E-state index in [1.807, 2.05) is 104 Å². The maximum atomic E-state index is 14.8. The third kappa shape index (κ3) is 9.78. The number of ether oxygens (including phenoxy) is 6. The van der Waals surface area contributed by atoms with Crippen molar-refractivity contribution < 1.29 is 56.6 Å². The molecule has 326 valence electrons. The van der Waals surface area contributed by atoms with Crippen LogP contribution in [0.25, 0.3) is 11.4 Å². The van der Waals surface area contributed by atoms with Crippen molar-refractivity contribution in [1.29, 1.82) is 0 Å². The predicted molar refractivity (Wildman–Crippen MR) is 229 cm³/mol. The zero-order valence-electron chi connectivity index (χ0n) is 37.1. The van der Waals surface area contributed by atoms with Gasteiger partial charge in [0.05, 0.1) is 111 Å². The highest BCUT2D eigenvalue weighted by Crippen LogP contribution is 2.46. The zero-order valence-corrected chi connectivity index (χ0v) is 37.1. The van der Waals surface area contributed by atoms with Crippen LogP contribution in [0.15, 0.2) is 59.7 Å². The predicted octanol–water partition coefficient (Wildman–Crippen LogP) is 3.45. The minimum Gasteiger partial charge on any atom is -0.399 e. The quantitative estimate of drug-likeness (QED) is 0.127. The number of amides is 2. The summed E-state index contributed by atoms with van der Waals surface area (Å²) in [5.41, 5.74) is 2.72. The van der Waals surface area contributed by atoms with Gasteiger partial charge in [0.25, 0.3) is 11.8 Å². The van der Waals surface area contributed by atoms with Crippen LogP contribution in [-0.2, 0) is 56.6 Å². The molecule has 2 amide bonds. The number of methoxy groups -OCH3 is 2. The van der Waals surface area contributed by atoms with Gasteiger partial charge >= 0.3 is 14.2 Å². The van der Waals surface area contributed by atoms with Crippen molar-refractivity contribution in [1.82, 2.24) is 9.80 Å². The molecule has 2 fully saturated rings. The van der Waals surface area contributed by atoms with Crippen LogP contribution in [0.1, 0.15) is 66.5 Å². The first-order valence-corrected chi connectivity index (χ1v) is 20.9. The molecule has 4 heterocycles. The molecule has 2 aromatic rings. The second-order valence-corrected chi connectivity index (χ2v) is 17.2. The van der Waals surface area contributed by atoms with Crippen molar-refractivity contribution in [3.8, 4) is 0 Å². The molecule has 0 unspecified atom stereocenters. The topological polar surface area (TPSA) is 133 Å². The lowest BCUT2D eigenvalue weighted by Gasteiger charge is -2.32. The van der Waals surface area contributed by atoms with E-state index in [1.54, 1.807) is 24.0 Å². The Hall–Kier alpha value is -3.41. The molecule has 4 aliphatic heterocycles. The highest BCUT2D eigenvalue weighted by atomic mass is 16.7. The first-order valence-electron chi connectivity index (χ1n) is 20.9. The molecule has 0 bridgehead atoms. The Kier molecular flexibility index (Phi) is 14.8. The van der Waals surface area contributed by atoms with Crippen molar-refractivity contribution >= 4 is 48.4 Å². The number of nitrogens with zero attached hydrogens (tertiary/aromatic N) is 2. The van der Waals surface area contributed by atoms with E-state index < -0.39 is 36.6 Å². The molecule has 60 heavy (non-hydrogen) atoms. The molecular weight excluding hydrogens is 770 g/mol. The Bertz CT molecular complexity index is 1710. The van der Waals surface area contributed by atoms with Crippen molar-refractivity contribution in [2.75, 3.05) is 93.4 Å². The highest BCUT2D eigenvalue weighted by Gasteiger charge is 2.53. The fraction of sp³-hybridized carbons (Fsp3) is 0.591. The van der Waals surface area contributed by atoms with E-state index in [0.29, 0.717) is 86.5 Å². The monoisotopic (exact) mass is 832 g/mol. The lowest BCUT2D eigenvalue weighted by atomic mass is 9.78. The lowest BCUT2D eigenvalue weighted by Crippen LogP contribution is -2.41. The Morgan fingerprint density at radius 3 is 1.03 bits per heavy atom. The third-order valence-corrected chi connectivity index (χ3v) is 12.1. The summed E-state index contributed by atoms with van der Waals surface area (Å²) in [4.78, 5) is 33.0. The summed E-state index contributed by atoms with van der Waals surface area (Å²) in [6, 6.07) is 15.4. The summed E-state index contributed by atoms with van der Waals surface area (Å²) in [5, 5.41) is 0. The van der Waals surface area contributed by atoms with E-state index in [9.17, 15) is 9.59 Å². The maximum absolute atomic E-state index is 14.8. The van der Waals surface area contributed by atoms with Gasteiger partial charge in [-0.25, -0.2) is 0 Å². The van der Waals surface area contributed by atoms with Crippen molar-refractivity contribution in [3.05, 3.63) is 70.8 Å². The van der Waals surface area contributed by atoms with Crippen molar-refractivity contribution in [2.24, 2.45) is 0 Å². The Morgan fingerprint density at radius 2 is 0.733 bits per heavy atom. The molecule has 0 spiro atoms. The van der Waals surface area contributed by atoms with Gasteiger partial charge in [-0.05, 0) is 77.4 Å². The van der Waals surface area contributed by atoms with E-state index in [0.717, 1.165) is 10.9 Å². The SMILES string of the molecule is COCCOCCOCCN1C(=O)C2=C(c3ccc(B4OC(C)(C)C(C)(C)O4)cc3)N(CCOCCOCCOC)C(=O)C2=C1c1ccc(B2OC(C)(C)C(C)(C)O2)cc1. The fourth-order valence-electron chi connectivity index (χ4n) is 7.22. The van der Waals surface area contributed by atoms with Gasteiger partial charge in [0.2, 0.25) is 0 Å².